The van der Waals surface area contributed by atoms with E-state index >= 15 is 0 Å². The molecule has 0 heterocycles. The van der Waals surface area contributed by atoms with E-state index in [1.54, 1.807) is 14.2 Å². The molecule has 1 aromatic carbocycles. The van der Waals surface area contributed by atoms with Crippen molar-refractivity contribution in [2.45, 2.75) is 4.90 Å². The fourth-order valence-electron chi connectivity index (χ4n) is 0.817. The number of rotatable bonds is 2. The molecule has 0 saturated carbocycles. The quantitative estimate of drug-likeness (QED) is 0.676. The summed E-state index contributed by atoms with van der Waals surface area (Å²) in [6, 6.07) is 5.46. The van der Waals surface area contributed by atoms with Gasteiger partial charge in [0.05, 0.1) is 14.2 Å². The van der Waals surface area contributed by atoms with Crippen LogP contribution in [0.15, 0.2) is 23.1 Å². The standard InChI is InChI=1S/C8H9O2S/c1-9-6-4-3-5-7(10-2)8(6)11/h3-5H,1-2H3. The third-order valence-corrected chi connectivity index (χ3v) is 1.78. The molecule has 0 bridgehead atoms. The first-order valence-electron chi connectivity index (χ1n) is 3.17. The summed E-state index contributed by atoms with van der Waals surface area (Å²) < 4.78 is 10.0. The zero-order chi connectivity index (χ0) is 8.27. The second-order valence-corrected chi connectivity index (χ2v) is 2.40. The van der Waals surface area contributed by atoms with Crippen molar-refractivity contribution < 1.29 is 9.47 Å². The molecule has 0 unspecified atom stereocenters. The van der Waals surface area contributed by atoms with Crippen LogP contribution in [0.5, 0.6) is 11.5 Å². The van der Waals surface area contributed by atoms with E-state index in [2.05, 4.69) is 0 Å². The van der Waals surface area contributed by atoms with Crippen LogP contribution in [0, 0.1) is 0 Å². The molecule has 1 radical (unpaired) electrons. The fourth-order valence-corrected chi connectivity index (χ4v) is 1.12. The molecule has 0 aliphatic heterocycles. The minimum Gasteiger partial charge on any atom is -0.495 e. The molecule has 0 N–H and O–H groups in total. The van der Waals surface area contributed by atoms with Gasteiger partial charge in [-0.25, -0.2) is 0 Å². The van der Waals surface area contributed by atoms with E-state index in [0.29, 0.717) is 16.4 Å². The molecule has 0 aliphatic carbocycles. The summed E-state index contributed by atoms with van der Waals surface area (Å²) in [4.78, 5) is 0.623. The van der Waals surface area contributed by atoms with E-state index < -0.39 is 0 Å². The Hall–Kier alpha value is -0.960. The molecular weight excluding hydrogens is 160 g/mol. The maximum Gasteiger partial charge on any atom is 0.140 e. The monoisotopic (exact) mass is 169 g/mol. The summed E-state index contributed by atoms with van der Waals surface area (Å²) in [7, 11) is 3.18. The van der Waals surface area contributed by atoms with E-state index in [9.17, 15) is 0 Å². The summed E-state index contributed by atoms with van der Waals surface area (Å²) in [5, 5.41) is 0. The van der Waals surface area contributed by atoms with Crippen molar-refractivity contribution in [2.24, 2.45) is 0 Å². The molecule has 0 atom stereocenters. The highest BCUT2D eigenvalue weighted by atomic mass is 32.1. The van der Waals surface area contributed by atoms with Gasteiger partial charge in [0, 0.05) is 0 Å². The molecule has 0 aliphatic rings. The average Bonchev–Trinajstić information content (AvgIpc) is 2.05. The molecular formula is C8H9O2S. The maximum absolute atomic E-state index is 5.04. The molecule has 1 aromatic rings. The van der Waals surface area contributed by atoms with E-state index in [0.717, 1.165) is 0 Å². The molecule has 0 fully saturated rings. The third kappa shape index (κ3) is 1.54. The lowest BCUT2D eigenvalue weighted by atomic mass is 10.3. The van der Waals surface area contributed by atoms with Gasteiger partial charge >= 0.3 is 0 Å². The Labute approximate surface area is 71.5 Å². The Bertz CT molecular complexity index is 226. The zero-order valence-electron chi connectivity index (χ0n) is 6.46. The molecule has 1 rings (SSSR count). The lowest BCUT2D eigenvalue weighted by Gasteiger charge is -2.06. The number of hydrogen-bond donors (Lipinski definition) is 0. The van der Waals surface area contributed by atoms with Crippen LogP contribution < -0.4 is 9.47 Å². The fraction of sp³-hybridized carbons (Fsp3) is 0.250. The van der Waals surface area contributed by atoms with Crippen LogP contribution in [0.1, 0.15) is 0 Å². The highest BCUT2D eigenvalue weighted by Gasteiger charge is 2.04. The van der Waals surface area contributed by atoms with Crippen molar-refractivity contribution in [3.8, 4) is 11.5 Å². The molecule has 0 amide bonds. The first kappa shape index (κ1) is 8.14. The van der Waals surface area contributed by atoms with Gasteiger partial charge in [-0.15, -0.1) is 0 Å². The second kappa shape index (κ2) is 3.44. The van der Waals surface area contributed by atoms with Crippen LogP contribution >= 0.6 is 12.6 Å². The van der Waals surface area contributed by atoms with Gasteiger partial charge in [0.15, 0.2) is 0 Å². The molecule has 3 heteroatoms. The minimum absolute atomic E-state index is 0.623. The van der Waals surface area contributed by atoms with Crippen LogP contribution in [0.3, 0.4) is 0 Å². The van der Waals surface area contributed by atoms with Crippen LogP contribution in [0.4, 0.5) is 0 Å². The summed E-state index contributed by atoms with van der Waals surface area (Å²) in [5.41, 5.74) is 0. The van der Waals surface area contributed by atoms with E-state index in [4.69, 9.17) is 22.1 Å². The SMILES string of the molecule is COc1cccc(OC)c1[S]. The van der Waals surface area contributed by atoms with E-state index in [1.165, 1.54) is 0 Å². The maximum atomic E-state index is 5.04. The van der Waals surface area contributed by atoms with Crippen LogP contribution in [0.25, 0.3) is 0 Å². The van der Waals surface area contributed by atoms with Crippen molar-refractivity contribution in [3.05, 3.63) is 18.2 Å². The van der Waals surface area contributed by atoms with E-state index in [1.807, 2.05) is 18.2 Å². The molecule has 59 valence electrons. The average molecular weight is 169 g/mol. The smallest absolute Gasteiger partial charge is 0.140 e. The zero-order valence-corrected chi connectivity index (χ0v) is 7.27. The van der Waals surface area contributed by atoms with Gasteiger partial charge in [-0.2, -0.15) is 0 Å². The molecule has 0 aromatic heterocycles. The Morgan fingerprint density at radius 2 is 1.55 bits per heavy atom. The highest BCUT2D eigenvalue weighted by Crippen LogP contribution is 2.31. The Balaban J connectivity index is 3.10. The largest absolute Gasteiger partial charge is 0.495 e. The number of methoxy groups -OCH3 is 2. The predicted molar refractivity (Wildman–Crippen MR) is 45.4 cm³/mol. The van der Waals surface area contributed by atoms with Crippen molar-refractivity contribution >= 4 is 12.6 Å². The molecule has 2 nitrogen and oxygen atoms in total. The topological polar surface area (TPSA) is 18.5 Å². The van der Waals surface area contributed by atoms with Crippen molar-refractivity contribution in [1.29, 1.82) is 0 Å². The van der Waals surface area contributed by atoms with Gasteiger partial charge in [0.25, 0.3) is 0 Å². The second-order valence-electron chi connectivity index (χ2n) is 1.99. The number of hydrogen-bond acceptors (Lipinski definition) is 2. The van der Waals surface area contributed by atoms with E-state index in [-0.39, 0.29) is 0 Å². The van der Waals surface area contributed by atoms with Crippen molar-refractivity contribution in [1.82, 2.24) is 0 Å². The normalized spacial score (nSPS) is 9.27. The van der Waals surface area contributed by atoms with Crippen LogP contribution in [0.2, 0.25) is 0 Å². The van der Waals surface area contributed by atoms with Gasteiger partial charge < -0.3 is 9.47 Å². The van der Waals surface area contributed by atoms with Crippen LogP contribution in [-0.2, 0) is 0 Å². The third-order valence-electron chi connectivity index (χ3n) is 1.38. The number of benzene rings is 1. The summed E-state index contributed by atoms with van der Waals surface area (Å²) >= 11 is 5.04. The van der Waals surface area contributed by atoms with Crippen LogP contribution in [-0.4, -0.2) is 14.2 Å². The van der Waals surface area contributed by atoms with Crippen molar-refractivity contribution in [3.63, 3.8) is 0 Å². The highest BCUT2D eigenvalue weighted by molar-refractivity contribution is 7.80. The van der Waals surface area contributed by atoms with Gasteiger partial charge in [0.1, 0.15) is 16.4 Å². The van der Waals surface area contributed by atoms with Gasteiger partial charge in [0.2, 0.25) is 0 Å². The Morgan fingerprint density at radius 1 is 1.09 bits per heavy atom. The summed E-state index contributed by atoms with van der Waals surface area (Å²) in [5.74, 6) is 1.36. The minimum atomic E-state index is 0.623. The first-order chi connectivity index (χ1) is 5.29. The first-order valence-corrected chi connectivity index (χ1v) is 3.58. The lowest BCUT2D eigenvalue weighted by Crippen LogP contribution is -1.88. The number of ether oxygens (including phenoxy) is 2. The summed E-state index contributed by atoms with van der Waals surface area (Å²) in [6.45, 7) is 0. The van der Waals surface area contributed by atoms with Gasteiger partial charge in [-0.05, 0) is 12.1 Å². The Kier molecular flexibility index (Phi) is 2.54. The molecule has 0 spiro atoms. The lowest BCUT2D eigenvalue weighted by molar-refractivity contribution is 0.377. The predicted octanol–water partition coefficient (Wildman–Crippen LogP) is 2.26. The van der Waals surface area contributed by atoms with Gasteiger partial charge in [-0.1, -0.05) is 18.7 Å². The molecule has 11 heavy (non-hydrogen) atoms. The Morgan fingerprint density at radius 3 is 1.91 bits per heavy atom. The van der Waals surface area contributed by atoms with Crippen molar-refractivity contribution in [2.75, 3.05) is 14.2 Å². The molecule has 0 saturated heterocycles. The summed E-state index contributed by atoms with van der Waals surface area (Å²) in [6.07, 6.45) is 0. The van der Waals surface area contributed by atoms with Gasteiger partial charge in [-0.3, -0.25) is 0 Å².